The minimum Gasteiger partial charge on any atom is -0.243 e. The molecule has 1 aromatic rings. The average molecular weight is 176 g/mol. The molecule has 1 aromatic heterocycles. The normalized spacial score (nSPS) is 9.90. The molecule has 0 aliphatic rings. The summed E-state index contributed by atoms with van der Waals surface area (Å²) < 4.78 is 0. The van der Waals surface area contributed by atoms with E-state index >= 15 is 0 Å². The van der Waals surface area contributed by atoms with E-state index in [4.69, 9.17) is 23.2 Å². The summed E-state index contributed by atoms with van der Waals surface area (Å²) in [7, 11) is 0. The van der Waals surface area contributed by atoms with Crippen LogP contribution in [0.3, 0.4) is 0 Å². The number of halogens is 2. The quantitative estimate of drug-likeness (QED) is 0.599. The van der Waals surface area contributed by atoms with Crippen molar-refractivity contribution in [3.8, 4) is 0 Å². The lowest BCUT2D eigenvalue weighted by Crippen LogP contribution is -1.84. The predicted octanol–water partition coefficient (Wildman–Crippen LogP) is 2.95. The second-order valence-corrected chi connectivity index (χ2v) is 2.66. The molecule has 0 bridgehead atoms. The molecule has 0 amide bonds. The fraction of sp³-hybridized carbons (Fsp3) is 0.286. The number of rotatable bonds is 1. The summed E-state index contributed by atoms with van der Waals surface area (Å²) in [6.07, 6.45) is 2.55. The molecule has 0 saturated heterocycles. The fourth-order valence-electron chi connectivity index (χ4n) is 0.728. The van der Waals surface area contributed by atoms with Crippen molar-refractivity contribution >= 4 is 23.2 Å². The Morgan fingerprint density at radius 2 is 2.20 bits per heavy atom. The Hall–Kier alpha value is -0.270. The fourth-order valence-corrected chi connectivity index (χ4v) is 1.15. The lowest BCUT2D eigenvalue weighted by molar-refractivity contribution is 1.12. The molecular weight excluding hydrogens is 169 g/mol. The van der Waals surface area contributed by atoms with Gasteiger partial charge in [0.15, 0.2) is 0 Å². The Morgan fingerprint density at radius 3 is 2.70 bits per heavy atom. The van der Waals surface area contributed by atoms with Gasteiger partial charge in [-0.25, -0.2) is 4.98 Å². The molecule has 0 atom stereocenters. The van der Waals surface area contributed by atoms with Gasteiger partial charge in [-0.05, 0) is 18.1 Å². The molecule has 0 aliphatic heterocycles. The second kappa shape index (κ2) is 3.22. The number of hydrogen-bond acceptors (Lipinski definition) is 1. The Bertz CT molecular complexity index is 235. The van der Waals surface area contributed by atoms with Gasteiger partial charge in [-0.1, -0.05) is 30.1 Å². The SMILES string of the molecule is CCc1ccnc(Cl)c1Cl. The minimum absolute atomic E-state index is 0.390. The van der Waals surface area contributed by atoms with Gasteiger partial charge in [0.1, 0.15) is 5.15 Å². The van der Waals surface area contributed by atoms with E-state index in [1.165, 1.54) is 0 Å². The minimum atomic E-state index is 0.390. The first-order valence-electron chi connectivity index (χ1n) is 3.04. The third-order valence-electron chi connectivity index (χ3n) is 1.31. The molecule has 54 valence electrons. The van der Waals surface area contributed by atoms with E-state index in [0.717, 1.165) is 12.0 Å². The summed E-state index contributed by atoms with van der Waals surface area (Å²) in [6.45, 7) is 2.03. The van der Waals surface area contributed by atoms with Crippen molar-refractivity contribution in [2.24, 2.45) is 0 Å². The predicted molar refractivity (Wildman–Crippen MR) is 43.6 cm³/mol. The van der Waals surface area contributed by atoms with Crippen LogP contribution in [0.15, 0.2) is 12.3 Å². The lowest BCUT2D eigenvalue weighted by Gasteiger charge is -1.99. The van der Waals surface area contributed by atoms with E-state index in [1.54, 1.807) is 6.20 Å². The molecule has 0 radical (unpaired) electrons. The van der Waals surface area contributed by atoms with Gasteiger partial charge in [0.05, 0.1) is 5.02 Å². The van der Waals surface area contributed by atoms with Gasteiger partial charge in [0, 0.05) is 6.20 Å². The summed E-state index contributed by atoms with van der Waals surface area (Å²) in [5.74, 6) is 0. The topological polar surface area (TPSA) is 12.9 Å². The summed E-state index contributed by atoms with van der Waals surface area (Å²) in [5, 5.41) is 0.965. The molecular formula is C7H7Cl2N. The molecule has 0 N–H and O–H groups in total. The Kier molecular flexibility index (Phi) is 2.52. The van der Waals surface area contributed by atoms with Crippen molar-refractivity contribution in [1.29, 1.82) is 0 Å². The summed E-state index contributed by atoms with van der Waals surface area (Å²) in [6, 6.07) is 1.87. The van der Waals surface area contributed by atoms with Gasteiger partial charge in [-0.15, -0.1) is 0 Å². The van der Waals surface area contributed by atoms with E-state index in [-0.39, 0.29) is 0 Å². The number of aryl methyl sites for hydroxylation is 1. The highest BCUT2D eigenvalue weighted by atomic mass is 35.5. The molecule has 0 aromatic carbocycles. The number of hydrogen-bond donors (Lipinski definition) is 0. The van der Waals surface area contributed by atoms with Crippen LogP contribution in [0.5, 0.6) is 0 Å². The van der Waals surface area contributed by atoms with Crippen LogP contribution in [0.1, 0.15) is 12.5 Å². The van der Waals surface area contributed by atoms with Crippen molar-refractivity contribution in [1.82, 2.24) is 4.98 Å². The van der Waals surface area contributed by atoms with Gasteiger partial charge in [-0.2, -0.15) is 0 Å². The van der Waals surface area contributed by atoms with Crippen LogP contribution in [0.4, 0.5) is 0 Å². The molecule has 1 rings (SSSR count). The molecule has 1 heterocycles. The monoisotopic (exact) mass is 175 g/mol. The van der Waals surface area contributed by atoms with Crippen molar-refractivity contribution in [2.45, 2.75) is 13.3 Å². The Balaban J connectivity index is 3.14. The van der Waals surface area contributed by atoms with Crippen LogP contribution in [0.2, 0.25) is 10.2 Å². The highest BCUT2D eigenvalue weighted by Gasteiger charge is 2.01. The maximum Gasteiger partial charge on any atom is 0.147 e. The third kappa shape index (κ3) is 1.41. The van der Waals surface area contributed by atoms with Crippen molar-refractivity contribution in [2.75, 3.05) is 0 Å². The lowest BCUT2D eigenvalue weighted by atomic mass is 10.2. The average Bonchev–Trinajstić information content (AvgIpc) is 1.95. The third-order valence-corrected chi connectivity index (χ3v) is 2.11. The zero-order valence-corrected chi connectivity index (χ0v) is 7.08. The Labute approximate surface area is 70.0 Å². The first kappa shape index (κ1) is 7.83. The van der Waals surface area contributed by atoms with Crippen LogP contribution in [0.25, 0.3) is 0 Å². The maximum atomic E-state index is 5.80. The summed E-state index contributed by atoms with van der Waals surface area (Å²) in [5.41, 5.74) is 1.04. The largest absolute Gasteiger partial charge is 0.243 e. The summed E-state index contributed by atoms with van der Waals surface area (Å²) in [4.78, 5) is 3.82. The van der Waals surface area contributed by atoms with E-state index in [9.17, 15) is 0 Å². The van der Waals surface area contributed by atoms with Gasteiger partial charge in [0.2, 0.25) is 0 Å². The van der Waals surface area contributed by atoms with E-state index in [0.29, 0.717) is 10.2 Å². The van der Waals surface area contributed by atoms with Crippen LogP contribution in [0, 0.1) is 0 Å². The first-order valence-corrected chi connectivity index (χ1v) is 3.80. The first-order chi connectivity index (χ1) is 4.75. The van der Waals surface area contributed by atoms with Crippen LogP contribution >= 0.6 is 23.2 Å². The highest BCUT2D eigenvalue weighted by molar-refractivity contribution is 6.41. The number of nitrogens with zero attached hydrogens (tertiary/aromatic N) is 1. The molecule has 0 aliphatic carbocycles. The molecule has 1 nitrogen and oxygen atoms in total. The zero-order valence-electron chi connectivity index (χ0n) is 5.56. The zero-order chi connectivity index (χ0) is 7.56. The molecule has 0 fully saturated rings. The van der Waals surface area contributed by atoms with Crippen molar-refractivity contribution in [3.63, 3.8) is 0 Å². The molecule has 0 saturated carbocycles. The van der Waals surface area contributed by atoms with Crippen LogP contribution in [-0.4, -0.2) is 4.98 Å². The Morgan fingerprint density at radius 1 is 1.50 bits per heavy atom. The molecule has 3 heteroatoms. The van der Waals surface area contributed by atoms with Gasteiger partial charge < -0.3 is 0 Å². The van der Waals surface area contributed by atoms with E-state index < -0.39 is 0 Å². The van der Waals surface area contributed by atoms with Crippen molar-refractivity contribution in [3.05, 3.63) is 28.0 Å². The number of pyridine rings is 1. The van der Waals surface area contributed by atoms with Crippen LogP contribution < -0.4 is 0 Å². The standard InChI is InChI=1S/C7H7Cl2N/c1-2-5-3-4-10-7(9)6(5)8/h3-4H,2H2,1H3. The van der Waals surface area contributed by atoms with Gasteiger partial charge in [-0.3, -0.25) is 0 Å². The van der Waals surface area contributed by atoms with Gasteiger partial charge in [0.25, 0.3) is 0 Å². The molecule has 0 spiro atoms. The maximum absolute atomic E-state index is 5.80. The second-order valence-electron chi connectivity index (χ2n) is 1.93. The highest BCUT2D eigenvalue weighted by Crippen LogP contribution is 2.22. The smallest absolute Gasteiger partial charge is 0.147 e. The number of aromatic nitrogens is 1. The molecule has 0 unspecified atom stereocenters. The summed E-state index contributed by atoms with van der Waals surface area (Å²) >= 11 is 11.4. The van der Waals surface area contributed by atoms with E-state index in [1.807, 2.05) is 13.0 Å². The molecule has 10 heavy (non-hydrogen) atoms. The van der Waals surface area contributed by atoms with E-state index in [2.05, 4.69) is 4.98 Å². The van der Waals surface area contributed by atoms with Gasteiger partial charge >= 0.3 is 0 Å². The van der Waals surface area contributed by atoms with Crippen molar-refractivity contribution < 1.29 is 0 Å². The van der Waals surface area contributed by atoms with Crippen LogP contribution in [-0.2, 0) is 6.42 Å².